The van der Waals surface area contributed by atoms with Gasteiger partial charge in [0.1, 0.15) is 0 Å². The van der Waals surface area contributed by atoms with Gasteiger partial charge in [0.05, 0.1) is 35.0 Å². The number of sulfone groups is 1. The molecular formula is C21H26N2O5S. The average Bonchev–Trinajstić information content (AvgIpc) is 2.66. The predicted molar refractivity (Wildman–Crippen MR) is 113 cm³/mol. The lowest BCUT2D eigenvalue weighted by atomic mass is 10.0. The van der Waals surface area contributed by atoms with E-state index in [1.165, 1.54) is 0 Å². The van der Waals surface area contributed by atoms with Crippen LogP contribution < -0.4 is 10.6 Å². The highest BCUT2D eigenvalue weighted by Gasteiger charge is 2.17. The molecule has 7 nitrogen and oxygen atoms in total. The molecule has 0 bridgehead atoms. The largest absolute Gasteiger partial charge is 0.462 e. The summed E-state index contributed by atoms with van der Waals surface area (Å²) >= 11 is 0. The summed E-state index contributed by atoms with van der Waals surface area (Å²) in [5.74, 6) is -0.777. The van der Waals surface area contributed by atoms with Crippen LogP contribution in [-0.4, -0.2) is 39.7 Å². The van der Waals surface area contributed by atoms with E-state index in [1.807, 2.05) is 19.9 Å². The van der Waals surface area contributed by atoms with Gasteiger partial charge >= 0.3 is 5.97 Å². The van der Waals surface area contributed by atoms with E-state index >= 15 is 0 Å². The molecule has 0 atom stereocenters. The second kappa shape index (κ2) is 9.56. The van der Waals surface area contributed by atoms with Crippen molar-refractivity contribution in [2.75, 3.05) is 30.0 Å². The summed E-state index contributed by atoms with van der Waals surface area (Å²) in [7, 11) is -3.48. The Labute approximate surface area is 171 Å². The average molecular weight is 419 g/mol. The molecule has 2 aromatic rings. The number of rotatable bonds is 8. The van der Waals surface area contributed by atoms with E-state index in [0.717, 1.165) is 11.8 Å². The lowest BCUT2D eigenvalue weighted by molar-refractivity contribution is -0.114. The zero-order chi connectivity index (χ0) is 21.6. The number of ether oxygens (including phenoxy) is 1. The highest BCUT2D eigenvalue weighted by Crippen LogP contribution is 2.26. The van der Waals surface area contributed by atoms with Crippen molar-refractivity contribution in [2.24, 2.45) is 0 Å². The first-order valence-electron chi connectivity index (χ1n) is 9.27. The first-order valence-corrected chi connectivity index (χ1v) is 11.2. The quantitative estimate of drug-likeness (QED) is 0.637. The van der Waals surface area contributed by atoms with E-state index in [-0.39, 0.29) is 29.5 Å². The molecule has 2 aromatic carbocycles. The van der Waals surface area contributed by atoms with E-state index in [4.69, 9.17) is 4.74 Å². The topological polar surface area (TPSA) is 102 Å². The number of nitrogens with one attached hydrogen (secondary N) is 2. The Hall–Kier alpha value is -2.87. The van der Waals surface area contributed by atoms with Gasteiger partial charge in [0.15, 0.2) is 9.84 Å². The van der Waals surface area contributed by atoms with Gasteiger partial charge in [-0.25, -0.2) is 13.2 Å². The van der Waals surface area contributed by atoms with Gasteiger partial charge in [0.25, 0.3) is 0 Å². The molecule has 8 heteroatoms. The molecule has 0 radical (unpaired) electrons. The molecule has 0 aromatic heterocycles. The third kappa shape index (κ3) is 6.05. The fourth-order valence-corrected chi connectivity index (χ4v) is 3.59. The maximum absolute atomic E-state index is 12.4. The molecule has 0 spiro atoms. The van der Waals surface area contributed by atoms with Crippen LogP contribution in [0.3, 0.4) is 0 Å². The molecule has 29 heavy (non-hydrogen) atoms. The number of esters is 1. The van der Waals surface area contributed by atoms with Crippen LogP contribution in [-0.2, 0) is 19.4 Å². The van der Waals surface area contributed by atoms with Crippen molar-refractivity contribution in [3.8, 4) is 0 Å². The number of carbonyl (C=O) groups is 2. The van der Waals surface area contributed by atoms with Crippen LogP contribution in [0.2, 0.25) is 0 Å². The molecule has 0 saturated carbocycles. The van der Waals surface area contributed by atoms with E-state index in [0.29, 0.717) is 11.4 Å². The first kappa shape index (κ1) is 22.4. The number of anilines is 2. The Morgan fingerprint density at radius 3 is 2.38 bits per heavy atom. The second-order valence-corrected chi connectivity index (χ2v) is 8.83. The molecular weight excluding hydrogens is 392 g/mol. The Morgan fingerprint density at radius 2 is 1.76 bits per heavy atom. The molecule has 1 amide bonds. The third-order valence-corrected chi connectivity index (χ3v) is 5.34. The molecule has 0 unspecified atom stereocenters. The fraction of sp³-hybridized carbons (Fsp3) is 0.333. The number of para-hydroxylation sites is 1. The number of amides is 1. The molecule has 2 N–H and O–H groups in total. The smallest absolute Gasteiger partial charge is 0.340 e. The minimum Gasteiger partial charge on any atom is -0.462 e. The lowest BCUT2D eigenvalue weighted by Gasteiger charge is -2.15. The van der Waals surface area contributed by atoms with Crippen molar-refractivity contribution in [2.45, 2.75) is 31.6 Å². The fourth-order valence-electron chi connectivity index (χ4n) is 2.70. The number of hydrogen-bond acceptors (Lipinski definition) is 6. The maximum atomic E-state index is 12.4. The Bertz CT molecular complexity index is 1000. The zero-order valence-electron chi connectivity index (χ0n) is 17.0. The molecule has 0 heterocycles. The standard InChI is InChI=1S/C21H26N2O5S/c1-5-28-21(25)16-8-6-7-9-17(16)23-20(24)13-22-18-11-10-15(14(2)3)12-19(18)29(4,26)27/h6-12,14,22H,5,13H2,1-4H3,(H,23,24). The molecule has 0 saturated heterocycles. The summed E-state index contributed by atoms with van der Waals surface area (Å²) in [5.41, 5.74) is 1.83. The van der Waals surface area contributed by atoms with Crippen LogP contribution >= 0.6 is 0 Å². The van der Waals surface area contributed by atoms with Crippen molar-refractivity contribution in [3.05, 3.63) is 53.6 Å². The summed E-state index contributed by atoms with van der Waals surface area (Å²) in [4.78, 5) is 24.5. The molecule has 0 aliphatic rings. The van der Waals surface area contributed by atoms with Gasteiger partial charge in [-0.15, -0.1) is 0 Å². The van der Waals surface area contributed by atoms with Gasteiger partial charge < -0.3 is 15.4 Å². The highest BCUT2D eigenvalue weighted by atomic mass is 32.2. The van der Waals surface area contributed by atoms with E-state index in [1.54, 1.807) is 43.3 Å². The summed E-state index contributed by atoms with van der Waals surface area (Å²) in [6.45, 7) is 5.71. The Morgan fingerprint density at radius 1 is 1.07 bits per heavy atom. The summed E-state index contributed by atoms with van der Waals surface area (Å²) in [6.07, 6.45) is 1.13. The summed E-state index contributed by atoms with van der Waals surface area (Å²) in [5, 5.41) is 5.53. The van der Waals surface area contributed by atoms with Crippen molar-refractivity contribution in [3.63, 3.8) is 0 Å². The molecule has 156 valence electrons. The van der Waals surface area contributed by atoms with E-state index in [9.17, 15) is 18.0 Å². The van der Waals surface area contributed by atoms with E-state index < -0.39 is 21.7 Å². The molecule has 2 rings (SSSR count). The normalized spacial score (nSPS) is 11.2. The van der Waals surface area contributed by atoms with Crippen molar-refractivity contribution in [1.29, 1.82) is 0 Å². The second-order valence-electron chi connectivity index (χ2n) is 6.85. The van der Waals surface area contributed by atoms with Crippen molar-refractivity contribution >= 4 is 33.1 Å². The SMILES string of the molecule is CCOC(=O)c1ccccc1NC(=O)CNc1ccc(C(C)C)cc1S(C)(=O)=O. The lowest BCUT2D eigenvalue weighted by Crippen LogP contribution is -2.24. The zero-order valence-corrected chi connectivity index (χ0v) is 17.8. The molecule has 0 aliphatic heterocycles. The third-order valence-electron chi connectivity index (χ3n) is 4.21. The molecule has 0 fully saturated rings. The Kier molecular flexibility index (Phi) is 7.39. The van der Waals surface area contributed by atoms with Gasteiger partial charge in [0.2, 0.25) is 5.91 Å². The van der Waals surface area contributed by atoms with Crippen LogP contribution in [0.25, 0.3) is 0 Å². The van der Waals surface area contributed by atoms with Gasteiger partial charge in [0, 0.05) is 6.26 Å². The maximum Gasteiger partial charge on any atom is 0.340 e. The van der Waals surface area contributed by atoms with Gasteiger partial charge in [-0.2, -0.15) is 0 Å². The van der Waals surface area contributed by atoms with Gasteiger partial charge in [-0.05, 0) is 42.7 Å². The van der Waals surface area contributed by atoms with Gasteiger partial charge in [-0.3, -0.25) is 4.79 Å². The minimum absolute atomic E-state index is 0.142. The number of benzene rings is 2. The van der Waals surface area contributed by atoms with Crippen molar-refractivity contribution in [1.82, 2.24) is 0 Å². The minimum atomic E-state index is -3.48. The number of hydrogen-bond donors (Lipinski definition) is 2. The van der Waals surface area contributed by atoms with Crippen LogP contribution in [0.4, 0.5) is 11.4 Å². The van der Waals surface area contributed by atoms with Gasteiger partial charge in [-0.1, -0.05) is 32.0 Å². The Balaban J connectivity index is 2.16. The highest BCUT2D eigenvalue weighted by molar-refractivity contribution is 7.90. The van der Waals surface area contributed by atoms with E-state index in [2.05, 4.69) is 10.6 Å². The van der Waals surface area contributed by atoms with Crippen LogP contribution in [0.15, 0.2) is 47.4 Å². The number of carbonyl (C=O) groups excluding carboxylic acids is 2. The molecule has 0 aliphatic carbocycles. The van der Waals surface area contributed by atoms with Crippen LogP contribution in [0.5, 0.6) is 0 Å². The van der Waals surface area contributed by atoms with Crippen LogP contribution in [0, 0.1) is 0 Å². The monoisotopic (exact) mass is 418 g/mol. The summed E-state index contributed by atoms with van der Waals surface area (Å²) in [6, 6.07) is 11.6. The van der Waals surface area contributed by atoms with Crippen LogP contribution in [0.1, 0.15) is 42.6 Å². The summed E-state index contributed by atoms with van der Waals surface area (Å²) < 4.78 is 29.3. The first-order chi connectivity index (χ1) is 13.6. The van der Waals surface area contributed by atoms with Crippen molar-refractivity contribution < 1.29 is 22.7 Å². The predicted octanol–water partition coefficient (Wildman–Crippen LogP) is 3.44.